The lowest BCUT2D eigenvalue weighted by atomic mass is 10.1. The highest BCUT2D eigenvalue weighted by atomic mass is 16.3. The average Bonchev–Trinajstić information content (AvgIpc) is 2.80. The predicted octanol–water partition coefficient (Wildman–Crippen LogP) is 1.97. The van der Waals surface area contributed by atoms with E-state index in [1.165, 1.54) is 0 Å². The number of aromatic hydroxyl groups is 1. The van der Waals surface area contributed by atoms with Crippen LogP contribution in [0.5, 0.6) is 5.75 Å². The van der Waals surface area contributed by atoms with Crippen molar-refractivity contribution in [3.05, 3.63) is 47.8 Å². The van der Waals surface area contributed by atoms with Crippen LogP contribution >= 0.6 is 0 Å². The third-order valence-corrected chi connectivity index (χ3v) is 2.56. The van der Waals surface area contributed by atoms with Crippen LogP contribution in [0.4, 0.5) is 0 Å². The summed E-state index contributed by atoms with van der Waals surface area (Å²) in [5.74, 6) is 0.297. The van der Waals surface area contributed by atoms with Gasteiger partial charge in [-0.3, -0.25) is 5.10 Å². The molecular weight excluding hydrogens is 202 g/mol. The Morgan fingerprint density at radius 2 is 2.12 bits per heavy atom. The molecule has 0 saturated heterocycles. The second-order valence-corrected chi connectivity index (χ2v) is 3.80. The van der Waals surface area contributed by atoms with Gasteiger partial charge in [-0.15, -0.1) is 0 Å². The molecule has 16 heavy (non-hydrogen) atoms. The van der Waals surface area contributed by atoms with Gasteiger partial charge in [0.25, 0.3) is 0 Å². The number of hydrogen-bond donors (Lipinski definition) is 3. The lowest BCUT2D eigenvalue weighted by molar-refractivity contribution is 0.474. The third kappa shape index (κ3) is 2.61. The van der Waals surface area contributed by atoms with Crippen LogP contribution in [0, 0.1) is 0 Å². The molecule has 84 valence electrons. The highest BCUT2D eigenvalue weighted by molar-refractivity contribution is 5.27. The number of aromatic amines is 1. The van der Waals surface area contributed by atoms with Crippen molar-refractivity contribution in [2.45, 2.75) is 19.5 Å². The van der Waals surface area contributed by atoms with Gasteiger partial charge in [-0.2, -0.15) is 5.10 Å². The number of H-pyrrole nitrogens is 1. The van der Waals surface area contributed by atoms with Crippen molar-refractivity contribution < 1.29 is 5.11 Å². The lowest BCUT2D eigenvalue weighted by Gasteiger charge is -2.13. The minimum atomic E-state index is 0.246. The molecule has 0 radical (unpaired) electrons. The molecule has 2 rings (SSSR count). The van der Waals surface area contributed by atoms with E-state index in [9.17, 15) is 5.11 Å². The van der Waals surface area contributed by atoms with Crippen molar-refractivity contribution in [2.24, 2.45) is 0 Å². The standard InChI is InChI=1S/C12H15N3O/c1-9(11-2-4-12(16)5-3-11)13-6-10-7-14-15-8-10/h2-5,7-9,13,16H,6H2,1H3,(H,14,15). The Hall–Kier alpha value is -1.81. The van der Waals surface area contributed by atoms with Gasteiger partial charge in [-0.25, -0.2) is 0 Å². The van der Waals surface area contributed by atoms with E-state index >= 15 is 0 Å². The molecule has 1 atom stereocenters. The summed E-state index contributed by atoms with van der Waals surface area (Å²) in [6.45, 7) is 2.87. The molecule has 0 aliphatic carbocycles. The molecule has 0 saturated carbocycles. The maximum absolute atomic E-state index is 9.19. The molecule has 1 aromatic carbocycles. The summed E-state index contributed by atoms with van der Waals surface area (Å²) in [7, 11) is 0. The highest BCUT2D eigenvalue weighted by Gasteiger charge is 2.04. The average molecular weight is 217 g/mol. The van der Waals surface area contributed by atoms with Crippen molar-refractivity contribution in [2.75, 3.05) is 0 Å². The Labute approximate surface area is 94.3 Å². The van der Waals surface area contributed by atoms with E-state index in [0.29, 0.717) is 5.75 Å². The van der Waals surface area contributed by atoms with E-state index < -0.39 is 0 Å². The van der Waals surface area contributed by atoms with Crippen molar-refractivity contribution in [3.8, 4) is 5.75 Å². The highest BCUT2D eigenvalue weighted by Crippen LogP contribution is 2.16. The van der Waals surface area contributed by atoms with Crippen LogP contribution in [-0.4, -0.2) is 15.3 Å². The summed E-state index contributed by atoms with van der Waals surface area (Å²) in [5, 5.41) is 19.2. The Balaban J connectivity index is 1.93. The molecule has 4 heteroatoms. The Morgan fingerprint density at radius 1 is 1.38 bits per heavy atom. The first kappa shape index (κ1) is 10.7. The van der Waals surface area contributed by atoms with Crippen LogP contribution in [0.15, 0.2) is 36.7 Å². The molecule has 0 spiro atoms. The summed E-state index contributed by atoms with van der Waals surface area (Å²) in [4.78, 5) is 0. The first-order valence-electron chi connectivity index (χ1n) is 5.25. The number of aromatic nitrogens is 2. The van der Waals surface area contributed by atoms with Crippen molar-refractivity contribution >= 4 is 0 Å². The molecule has 0 fully saturated rings. The Bertz CT molecular complexity index is 422. The van der Waals surface area contributed by atoms with Gasteiger partial charge in [-0.05, 0) is 24.6 Å². The second kappa shape index (κ2) is 4.81. The SMILES string of the molecule is CC(NCc1cn[nH]c1)c1ccc(O)cc1. The largest absolute Gasteiger partial charge is 0.508 e. The van der Waals surface area contributed by atoms with Crippen molar-refractivity contribution in [3.63, 3.8) is 0 Å². The summed E-state index contributed by atoms with van der Waals surface area (Å²) < 4.78 is 0. The summed E-state index contributed by atoms with van der Waals surface area (Å²) in [6, 6.07) is 7.48. The van der Waals surface area contributed by atoms with Crippen LogP contribution in [0.25, 0.3) is 0 Å². The van der Waals surface area contributed by atoms with Gasteiger partial charge in [0.1, 0.15) is 5.75 Å². The summed E-state index contributed by atoms with van der Waals surface area (Å²) in [6.07, 6.45) is 3.67. The van der Waals surface area contributed by atoms with Gasteiger partial charge in [0.2, 0.25) is 0 Å². The molecular formula is C12H15N3O. The minimum Gasteiger partial charge on any atom is -0.508 e. The first-order valence-corrected chi connectivity index (χ1v) is 5.25. The second-order valence-electron chi connectivity index (χ2n) is 3.80. The van der Waals surface area contributed by atoms with Gasteiger partial charge >= 0.3 is 0 Å². The van der Waals surface area contributed by atoms with Gasteiger partial charge in [0, 0.05) is 24.3 Å². The zero-order valence-electron chi connectivity index (χ0n) is 9.14. The van der Waals surface area contributed by atoms with E-state index in [4.69, 9.17) is 0 Å². The Morgan fingerprint density at radius 3 is 2.75 bits per heavy atom. The zero-order chi connectivity index (χ0) is 11.4. The monoisotopic (exact) mass is 217 g/mol. The number of phenols is 1. The van der Waals surface area contributed by atoms with E-state index in [1.807, 2.05) is 18.3 Å². The number of nitrogens with one attached hydrogen (secondary N) is 2. The third-order valence-electron chi connectivity index (χ3n) is 2.56. The molecule has 0 aliphatic heterocycles. The fourth-order valence-electron chi connectivity index (χ4n) is 1.53. The summed E-state index contributed by atoms with van der Waals surface area (Å²) >= 11 is 0. The predicted molar refractivity (Wildman–Crippen MR) is 61.9 cm³/mol. The molecule has 1 heterocycles. The van der Waals surface area contributed by atoms with Gasteiger partial charge in [0.15, 0.2) is 0 Å². The molecule has 3 N–H and O–H groups in total. The molecule has 0 aliphatic rings. The molecule has 0 bridgehead atoms. The van der Waals surface area contributed by atoms with E-state index in [1.54, 1.807) is 18.3 Å². The Kier molecular flexibility index (Phi) is 3.22. The normalized spacial score (nSPS) is 12.6. The molecule has 4 nitrogen and oxygen atoms in total. The number of nitrogens with zero attached hydrogens (tertiary/aromatic N) is 1. The summed E-state index contributed by atoms with van der Waals surface area (Å²) in [5.41, 5.74) is 2.28. The topological polar surface area (TPSA) is 60.9 Å². The van der Waals surface area contributed by atoms with E-state index in [-0.39, 0.29) is 6.04 Å². The fourth-order valence-corrected chi connectivity index (χ4v) is 1.53. The number of phenolic OH excluding ortho intramolecular Hbond substituents is 1. The maximum atomic E-state index is 9.19. The number of benzene rings is 1. The van der Waals surface area contributed by atoms with Gasteiger partial charge in [-0.1, -0.05) is 12.1 Å². The van der Waals surface area contributed by atoms with Crippen LogP contribution in [-0.2, 0) is 6.54 Å². The van der Waals surface area contributed by atoms with Gasteiger partial charge < -0.3 is 10.4 Å². The smallest absolute Gasteiger partial charge is 0.115 e. The maximum Gasteiger partial charge on any atom is 0.115 e. The van der Waals surface area contributed by atoms with Crippen LogP contribution in [0.1, 0.15) is 24.1 Å². The lowest BCUT2D eigenvalue weighted by Crippen LogP contribution is -2.17. The quantitative estimate of drug-likeness (QED) is 0.733. The fraction of sp³-hybridized carbons (Fsp3) is 0.250. The number of rotatable bonds is 4. The molecule has 1 aromatic heterocycles. The zero-order valence-corrected chi connectivity index (χ0v) is 9.14. The number of hydrogen-bond acceptors (Lipinski definition) is 3. The van der Waals surface area contributed by atoms with Crippen molar-refractivity contribution in [1.82, 2.24) is 15.5 Å². The first-order chi connectivity index (χ1) is 7.75. The van der Waals surface area contributed by atoms with E-state index in [0.717, 1.165) is 17.7 Å². The molecule has 0 amide bonds. The minimum absolute atomic E-state index is 0.246. The molecule has 1 unspecified atom stereocenters. The van der Waals surface area contributed by atoms with Crippen LogP contribution in [0.3, 0.4) is 0 Å². The van der Waals surface area contributed by atoms with Crippen LogP contribution in [0.2, 0.25) is 0 Å². The van der Waals surface area contributed by atoms with Crippen LogP contribution < -0.4 is 5.32 Å². The molecule has 2 aromatic rings. The van der Waals surface area contributed by atoms with Gasteiger partial charge in [0.05, 0.1) is 6.20 Å². The van der Waals surface area contributed by atoms with E-state index in [2.05, 4.69) is 22.4 Å². The van der Waals surface area contributed by atoms with Crippen molar-refractivity contribution in [1.29, 1.82) is 0 Å².